The monoisotopic (exact) mass is 238 g/mol. The van der Waals surface area contributed by atoms with E-state index >= 15 is 0 Å². The lowest BCUT2D eigenvalue weighted by Gasteiger charge is -2.34. The van der Waals surface area contributed by atoms with E-state index in [4.69, 9.17) is 4.74 Å². The van der Waals surface area contributed by atoms with Crippen molar-refractivity contribution in [2.45, 2.75) is 63.3 Å². The van der Waals surface area contributed by atoms with Gasteiger partial charge in [0.15, 0.2) is 0 Å². The molecule has 17 heavy (non-hydrogen) atoms. The summed E-state index contributed by atoms with van der Waals surface area (Å²) in [5, 5.41) is 3.46. The molecule has 2 saturated heterocycles. The molecule has 3 unspecified atom stereocenters. The van der Waals surface area contributed by atoms with Gasteiger partial charge in [0.2, 0.25) is 5.91 Å². The molecule has 3 fully saturated rings. The van der Waals surface area contributed by atoms with Crippen molar-refractivity contribution in [3.8, 4) is 0 Å². The average molecular weight is 238 g/mol. The molecule has 0 radical (unpaired) electrons. The lowest BCUT2D eigenvalue weighted by Crippen LogP contribution is -2.46. The minimum atomic E-state index is 0.0978. The van der Waals surface area contributed by atoms with Crippen LogP contribution in [-0.4, -0.2) is 48.2 Å². The predicted octanol–water partition coefficient (Wildman–Crippen LogP) is 0.907. The van der Waals surface area contributed by atoms with Crippen molar-refractivity contribution in [3.63, 3.8) is 0 Å². The highest BCUT2D eigenvalue weighted by atomic mass is 16.5. The first-order valence-electron chi connectivity index (χ1n) is 6.92. The minimum Gasteiger partial charge on any atom is -0.378 e. The fraction of sp³-hybridized carbons (Fsp3) is 0.923. The molecule has 3 rings (SSSR count). The molecule has 1 N–H and O–H groups in total. The fourth-order valence-electron chi connectivity index (χ4n) is 3.01. The molecule has 3 aliphatic rings. The summed E-state index contributed by atoms with van der Waals surface area (Å²) in [6.07, 6.45) is 5.79. The molecule has 1 aliphatic carbocycles. The van der Waals surface area contributed by atoms with E-state index in [1.807, 2.05) is 0 Å². The summed E-state index contributed by atoms with van der Waals surface area (Å²) < 4.78 is 5.55. The van der Waals surface area contributed by atoms with Crippen molar-refractivity contribution >= 4 is 5.91 Å². The number of hydrogen-bond acceptors (Lipinski definition) is 3. The topological polar surface area (TPSA) is 41.6 Å². The molecule has 0 aromatic rings. The van der Waals surface area contributed by atoms with Crippen molar-refractivity contribution in [1.29, 1.82) is 0 Å². The summed E-state index contributed by atoms with van der Waals surface area (Å²) in [6, 6.07) is 1.13. The van der Waals surface area contributed by atoms with Crippen LogP contribution in [0.5, 0.6) is 0 Å². The van der Waals surface area contributed by atoms with Gasteiger partial charge in [-0.25, -0.2) is 0 Å². The van der Waals surface area contributed by atoms with Crippen LogP contribution in [0, 0.1) is 0 Å². The predicted molar refractivity (Wildman–Crippen MR) is 64.7 cm³/mol. The quantitative estimate of drug-likeness (QED) is 0.794. The van der Waals surface area contributed by atoms with Crippen LogP contribution in [-0.2, 0) is 9.53 Å². The maximum Gasteiger partial charge on any atom is 0.240 e. The highest BCUT2D eigenvalue weighted by Gasteiger charge is 2.39. The largest absolute Gasteiger partial charge is 0.378 e. The van der Waals surface area contributed by atoms with E-state index < -0.39 is 0 Å². The molecular formula is C13H22N2O2. The number of nitrogens with zero attached hydrogens (tertiary/aromatic N) is 1. The van der Waals surface area contributed by atoms with Crippen LogP contribution in [0.15, 0.2) is 0 Å². The number of amides is 1. The van der Waals surface area contributed by atoms with Gasteiger partial charge in [0.1, 0.15) is 0 Å². The fourth-order valence-corrected chi connectivity index (χ4v) is 3.01. The Kier molecular flexibility index (Phi) is 3.09. The SMILES string of the molecule is CC1CC(N2CCC(NC3CC3)C2=O)CCO1. The van der Waals surface area contributed by atoms with Crippen LogP contribution < -0.4 is 5.32 Å². The molecule has 1 amide bonds. The standard InChI is InChI=1S/C13H22N2O2/c1-9-8-11(5-7-17-9)15-6-4-12(13(15)16)14-10-2-3-10/h9-12,14H,2-8H2,1H3. The van der Waals surface area contributed by atoms with E-state index in [0.29, 0.717) is 24.1 Å². The molecule has 4 heteroatoms. The van der Waals surface area contributed by atoms with Gasteiger partial charge < -0.3 is 15.0 Å². The first-order chi connectivity index (χ1) is 8.24. The third kappa shape index (κ3) is 2.47. The van der Waals surface area contributed by atoms with E-state index in [1.165, 1.54) is 12.8 Å². The van der Waals surface area contributed by atoms with E-state index in [0.717, 1.165) is 32.4 Å². The van der Waals surface area contributed by atoms with Gasteiger partial charge in [-0.1, -0.05) is 0 Å². The smallest absolute Gasteiger partial charge is 0.240 e. The van der Waals surface area contributed by atoms with Gasteiger partial charge in [-0.05, 0) is 39.0 Å². The number of likely N-dealkylation sites (tertiary alicyclic amines) is 1. The minimum absolute atomic E-state index is 0.0978. The van der Waals surface area contributed by atoms with Crippen LogP contribution in [0.25, 0.3) is 0 Å². The Labute approximate surface area is 103 Å². The Morgan fingerprint density at radius 2 is 2.12 bits per heavy atom. The van der Waals surface area contributed by atoms with Gasteiger partial charge in [0.05, 0.1) is 12.1 Å². The second kappa shape index (κ2) is 4.58. The van der Waals surface area contributed by atoms with Gasteiger partial charge in [-0.3, -0.25) is 4.79 Å². The van der Waals surface area contributed by atoms with Crippen LogP contribution in [0.3, 0.4) is 0 Å². The maximum atomic E-state index is 12.3. The molecular weight excluding hydrogens is 216 g/mol. The second-order valence-electron chi connectivity index (χ2n) is 5.67. The maximum absolute atomic E-state index is 12.3. The number of hydrogen-bond donors (Lipinski definition) is 1. The molecule has 0 bridgehead atoms. The number of rotatable bonds is 3. The zero-order chi connectivity index (χ0) is 11.8. The van der Waals surface area contributed by atoms with Crippen molar-refractivity contribution < 1.29 is 9.53 Å². The highest BCUT2D eigenvalue weighted by Crippen LogP contribution is 2.26. The van der Waals surface area contributed by atoms with Gasteiger partial charge in [-0.15, -0.1) is 0 Å². The molecule has 2 heterocycles. The summed E-state index contributed by atoms with van der Waals surface area (Å²) in [5.41, 5.74) is 0. The summed E-state index contributed by atoms with van der Waals surface area (Å²) in [6.45, 7) is 3.84. The molecule has 0 aromatic carbocycles. The van der Waals surface area contributed by atoms with Crippen molar-refractivity contribution in [2.75, 3.05) is 13.2 Å². The Bertz CT molecular complexity index is 304. The highest BCUT2D eigenvalue weighted by molar-refractivity contribution is 5.84. The van der Waals surface area contributed by atoms with Gasteiger partial charge >= 0.3 is 0 Å². The van der Waals surface area contributed by atoms with E-state index in [-0.39, 0.29) is 6.04 Å². The Morgan fingerprint density at radius 3 is 2.82 bits per heavy atom. The molecule has 4 nitrogen and oxygen atoms in total. The Morgan fingerprint density at radius 1 is 1.29 bits per heavy atom. The summed E-state index contributed by atoms with van der Waals surface area (Å²) in [5.74, 6) is 0.330. The second-order valence-corrected chi connectivity index (χ2v) is 5.67. The zero-order valence-electron chi connectivity index (χ0n) is 10.5. The lowest BCUT2D eigenvalue weighted by molar-refractivity contribution is -0.134. The Hall–Kier alpha value is -0.610. The summed E-state index contributed by atoms with van der Waals surface area (Å²) in [7, 11) is 0. The first kappa shape index (κ1) is 11.5. The molecule has 1 saturated carbocycles. The summed E-state index contributed by atoms with van der Waals surface area (Å²) >= 11 is 0. The van der Waals surface area contributed by atoms with Crippen LogP contribution in [0.2, 0.25) is 0 Å². The third-order valence-electron chi connectivity index (χ3n) is 4.15. The number of carbonyl (C=O) groups excluding carboxylic acids is 1. The Balaban J connectivity index is 1.58. The van der Waals surface area contributed by atoms with E-state index in [9.17, 15) is 4.79 Å². The van der Waals surface area contributed by atoms with Crippen molar-refractivity contribution in [3.05, 3.63) is 0 Å². The van der Waals surface area contributed by atoms with Crippen LogP contribution in [0.1, 0.15) is 39.0 Å². The number of carbonyl (C=O) groups is 1. The van der Waals surface area contributed by atoms with Gasteiger partial charge in [-0.2, -0.15) is 0 Å². The average Bonchev–Trinajstić information content (AvgIpc) is 3.04. The number of ether oxygens (including phenoxy) is 1. The summed E-state index contributed by atoms with van der Waals surface area (Å²) in [4.78, 5) is 14.4. The molecule has 0 spiro atoms. The van der Waals surface area contributed by atoms with Crippen molar-refractivity contribution in [2.24, 2.45) is 0 Å². The lowest BCUT2D eigenvalue weighted by atomic mass is 10.0. The van der Waals surface area contributed by atoms with E-state index in [1.54, 1.807) is 0 Å². The first-order valence-corrected chi connectivity index (χ1v) is 6.92. The normalized spacial score (nSPS) is 38.8. The van der Waals surface area contributed by atoms with Crippen LogP contribution in [0.4, 0.5) is 0 Å². The molecule has 3 atom stereocenters. The third-order valence-corrected chi connectivity index (χ3v) is 4.15. The van der Waals surface area contributed by atoms with Gasteiger partial charge in [0.25, 0.3) is 0 Å². The van der Waals surface area contributed by atoms with Gasteiger partial charge in [0, 0.05) is 25.2 Å². The number of nitrogens with one attached hydrogen (secondary N) is 1. The zero-order valence-corrected chi connectivity index (χ0v) is 10.5. The van der Waals surface area contributed by atoms with Crippen molar-refractivity contribution in [1.82, 2.24) is 10.2 Å². The molecule has 0 aromatic heterocycles. The molecule has 2 aliphatic heterocycles. The molecule has 96 valence electrons. The van der Waals surface area contributed by atoms with E-state index in [2.05, 4.69) is 17.1 Å². The van der Waals surface area contributed by atoms with Crippen LogP contribution >= 0.6 is 0 Å².